The third kappa shape index (κ3) is 6.48. The Hall–Kier alpha value is -2.69. The fourth-order valence-electron chi connectivity index (χ4n) is 2.20. The Morgan fingerprint density at radius 2 is 1.93 bits per heavy atom. The molecule has 148 valence electrons. The summed E-state index contributed by atoms with van der Waals surface area (Å²) in [5.74, 6) is -0.324. The summed E-state index contributed by atoms with van der Waals surface area (Å²) in [6, 6.07) is 8.79. The molecule has 0 saturated heterocycles. The molecule has 9 heteroatoms. The molecule has 2 rings (SSSR count). The van der Waals surface area contributed by atoms with E-state index in [0.717, 1.165) is 3.57 Å². The number of hydrogen-bond acceptors (Lipinski definition) is 5. The molecule has 0 unspecified atom stereocenters. The van der Waals surface area contributed by atoms with Gasteiger partial charge in [0.25, 0.3) is 0 Å². The molecule has 7 nitrogen and oxygen atoms in total. The molecule has 0 aliphatic carbocycles. The summed E-state index contributed by atoms with van der Waals surface area (Å²) in [7, 11) is 1.54. The number of rotatable bonds is 8. The summed E-state index contributed by atoms with van der Waals surface area (Å²) in [6.45, 7) is 2.39. The van der Waals surface area contributed by atoms with Crippen molar-refractivity contribution in [2.75, 3.05) is 19.0 Å². The van der Waals surface area contributed by atoms with Crippen LogP contribution in [0.15, 0.2) is 41.5 Å². The average Bonchev–Trinajstić information content (AvgIpc) is 2.65. The Kier molecular flexibility index (Phi) is 8.18. The van der Waals surface area contributed by atoms with Gasteiger partial charge in [0.05, 0.1) is 23.5 Å². The number of carbonyl (C=O) groups excluding carboxylic acids is 2. The Bertz CT molecular complexity index is 872. The SMILES string of the molecule is CCOc1c(I)cc(C=NNC(=O)CC(=O)Nc2ccc(F)cc2)cc1OC. The van der Waals surface area contributed by atoms with Crippen LogP contribution in [0.1, 0.15) is 18.9 Å². The van der Waals surface area contributed by atoms with Gasteiger partial charge < -0.3 is 14.8 Å². The summed E-state index contributed by atoms with van der Waals surface area (Å²) >= 11 is 2.12. The number of benzene rings is 2. The van der Waals surface area contributed by atoms with E-state index in [1.807, 2.05) is 13.0 Å². The smallest absolute Gasteiger partial charge is 0.249 e. The van der Waals surface area contributed by atoms with Crippen LogP contribution in [0.25, 0.3) is 0 Å². The average molecular weight is 499 g/mol. The maximum absolute atomic E-state index is 12.8. The van der Waals surface area contributed by atoms with Crippen LogP contribution >= 0.6 is 22.6 Å². The summed E-state index contributed by atoms with van der Waals surface area (Å²) in [6.07, 6.45) is 1.02. The van der Waals surface area contributed by atoms with Gasteiger partial charge in [-0.25, -0.2) is 9.82 Å². The minimum Gasteiger partial charge on any atom is -0.493 e. The third-order valence-corrected chi connectivity index (χ3v) is 4.19. The lowest BCUT2D eigenvalue weighted by atomic mass is 10.2. The number of nitrogens with zero attached hydrogens (tertiary/aromatic N) is 1. The molecular weight excluding hydrogens is 480 g/mol. The van der Waals surface area contributed by atoms with E-state index < -0.39 is 24.1 Å². The van der Waals surface area contributed by atoms with Crippen LogP contribution in [0, 0.1) is 9.39 Å². The van der Waals surface area contributed by atoms with Gasteiger partial charge in [0.15, 0.2) is 11.5 Å². The summed E-state index contributed by atoms with van der Waals surface area (Å²) < 4.78 is 24.5. The number of nitrogens with one attached hydrogen (secondary N) is 2. The molecule has 0 aliphatic rings. The second kappa shape index (κ2) is 10.6. The van der Waals surface area contributed by atoms with Gasteiger partial charge in [0.2, 0.25) is 11.8 Å². The molecule has 0 bridgehead atoms. The van der Waals surface area contributed by atoms with Crippen molar-refractivity contribution >= 4 is 46.3 Å². The Labute approximate surface area is 175 Å². The number of anilines is 1. The zero-order valence-corrected chi connectivity index (χ0v) is 17.4. The number of halogens is 2. The highest BCUT2D eigenvalue weighted by atomic mass is 127. The van der Waals surface area contributed by atoms with Gasteiger partial charge in [0.1, 0.15) is 12.2 Å². The van der Waals surface area contributed by atoms with Gasteiger partial charge in [0, 0.05) is 5.69 Å². The first-order chi connectivity index (χ1) is 13.4. The normalized spacial score (nSPS) is 10.6. The Morgan fingerprint density at radius 1 is 1.21 bits per heavy atom. The molecule has 2 amide bonds. The van der Waals surface area contributed by atoms with E-state index in [9.17, 15) is 14.0 Å². The van der Waals surface area contributed by atoms with E-state index in [1.54, 1.807) is 6.07 Å². The van der Waals surface area contributed by atoms with E-state index in [2.05, 4.69) is 38.4 Å². The number of methoxy groups -OCH3 is 1. The highest BCUT2D eigenvalue weighted by Crippen LogP contribution is 2.33. The first-order valence-corrected chi connectivity index (χ1v) is 9.38. The highest BCUT2D eigenvalue weighted by molar-refractivity contribution is 14.1. The number of hydrazone groups is 1. The molecule has 0 saturated carbocycles. The van der Waals surface area contributed by atoms with Crippen LogP contribution < -0.4 is 20.2 Å². The van der Waals surface area contributed by atoms with Gasteiger partial charge in [-0.3, -0.25) is 9.59 Å². The molecule has 28 heavy (non-hydrogen) atoms. The van der Waals surface area contributed by atoms with Crippen molar-refractivity contribution in [3.8, 4) is 11.5 Å². The molecule has 0 aliphatic heterocycles. The zero-order chi connectivity index (χ0) is 20.5. The van der Waals surface area contributed by atoms with Gasteiger partial charge in [-0.15, -0.1) is 0 Å². The van der Waals surface area contributed by atoms with E-state index >= 15 is 0 Å². The Balaban J connectivity index is 1.91. The zero-order valence-electron chi connectivity index (χ0n) is 15.3. The van der Waals surface area contributed by atoms with Crippen LogP contribution in [0.2, 0.25) is 0 Å². The van der Waals surface area contributed by atoms with E-state index in [0.29, 0.717) is 29.4 Å². The number of amides is 2. The maximum Gasteiger partial charge on any atom is 0.249 e. The van der Waals surface area contributed by atoms with Crippen molar-refractivity contribution in [1.29, 1.82) is 0 Å². The minimum atomic E-state index is -0.580. The molecule has 2 aromatic rings. The maximum atomic E-state index is 12.8. The highest BCUT2D eigenvalue weighted by Gasteiger charge is 2.11. The first kappa shape index (κ1) is 21.6. The number of carbonyl (C=O) groups is 2. The molecule has 2 N–H and O–H groups in total. The van der Waals surface area contributed by atoms with Crippen molar-refractivity contribution in [3.05, 3.63) is 51.3 Å². The summed E-state index contributed by atoms with van der Waals surface area (Å²) in [5, 5.41) is 6.35. The van der Waals surface area contributed by atoms with Gasteiger partial charge in [-0.1, -0.05) is 0 Å². The van der Waals surface area contributed by atoms with Crippen molar-refractivity contribution in [3.63, 3.8) is 0 Å². The Morgan fingerprint density at radius 3 is 2.57 bits per heavy atom. The monoisotopic (exact) mass is 499 g/mol. The molecule has 0 fully saturated rings. The van der Waals surface area contributed by atoms with Crippen LogP contribution in [0.4, 0.5) is 10.1 Å². The molecule has 0 heterocycles. The van der Waals surface area contributed by atoms with Crippen LogP contribution in [0.3, 0.4) is 0 Å². The van der Waals surface area contributed by atoms with Crippen LogP contribution in [-0.2, 0) is 9.59 Å². The molecule has 0 aromatic heterocycles. The fourth-order valence-corrected chi connectivity index (χ4v) is 2.98. The van der Waals surface area contributed by atoms with Gasteiger partial charge >= 0.3 is 0 Å². The van der Waals surface area contributed by atoms with E-state index in [4.69, 9.17) is 9.47 Å². The first-order valence-electron chi connectivity index (χ1n) is 8.30. The standard InChI is InChI=1S/C19H19FIN3O4/c1-3-28-19-15(21)8-12(9-16(19)27-2)11-22-24-18(26)10-17(25)23-14-6-4-13(20)5-7-14/h4-9,11H,3,10H2,1-2H3,(H,23,25)(H,24,26). The van der Waals surface area contributed by atoms with Gasteiger partial charge in [-0.05, 0) is 71.5 Å². The lowest BCUT2D eigenvalue weighted by molar-refractivity contribution is -0.126. The predicted octanol–water partition coefficient (Wildman–Crippen LogP) is 3.32. The van der Waals surface area contributed by atoms with Crippen LogP contribution in [0.5, 0.6) is 11.5 Å². The molecule has 0 radical (unpaired) electrons. The molecule has 0 atom stereocenters. The van der Waals surface area contributed by atoms with Crippen molar-refractivity contribution in [2.24, 2.45) is 5.10 Å². The number of ether oxygens (including phenoxy) is 2. The molecule has 0 spiro atoms. The minimum absolute atomic E-state index is 0.402. The fraction of sp³-hybridized carbons (Fsp3) is 0.211. The van der Waals surface area contributed by atoms with Crippen molar-refractivity contribution in [1.82, 2.24) is 5.43 Å². The second-order valence-electron chi connectivity index (χ2n) is 5.49. The van der Waals surface area contributed by atoms with Crippen molar-refractivity contribution in [2.45, 2.75) is 13.3 Å². The van der Waals surface area contributed by atoms with Gasteiger partial charge in [-0.2, -0.15) is 5.10 Å². The quantitative estimate of drug-likeness (QED) is 0.253. The lowest BCUT2D eigenvalue weighted by Gasteiger charge is -2.12. The lowest BCUT2D eigenvalue weighted by Crippen LogP contribution is -2.24. The van der Waals surface area contributed by atoms with Crippen molar-refractivity contribution < 1.29 is 23.5 Å². The largest absolute Gasteiger partial charge is 0.493 e. The topological polar surface area (TPSA) is 89.0 Å². The molecule has 2 aromatic carbocycles. The summed E-state index contributed by atoms with van der Waals surface area (Å²) in [5.41, 5.74) is 3.39. The third-order valence-electron chi connectivity index (χ3n) is 3.39. The summed E-state index contributed by atoms with van der Waals surface area (Å²) in [4.78, 5) is 23.6. The predicted molar refractivity (Wildman–Crippen MR) is 112 cm³/mol. The second-order valence-corrected chi connectivity index (χ2v) is 6.65. The number of hydrogen-bond donors (Lipinski definition) is 2. The van der Waals surface area contributed by atoms with E-state index in [-0.39, 0.29) is 0 Å². The van der Waals surface area contributed by atoms with Crippen LogP contribution in [-0.4, -0.2) is 31.7 Å². The molecular formula is C19H19FIN3O4. The van der Waals surface area contributed by atoms with E-state index in [1.165, 1.54) is 37.6 Å².